The molecule has 1 heterocycles. The summed E-state index contributed by atoms with van der Waals surface area (Å²) in [6.45, 7) is 1.82. The summed E-state index contributed by atoms with van der Waals surface area (Å²) in [5.74, 6) is -0.743. The molecule has 1 saturated heterocycles. The average Bonchev–Trinajstić information content (AvgIpc) is 3.13. The average molecular weight is 386 g/mol. The number of carbonyl (C=O) groups excluding carboxylic acids is 2. The number of hydrogen-bond acceptors (Lipinski definition) is 3. The minimum Gasteiger partial charge on any atom is -0.440 e. The van der Waals surface area contributed by atoms with Crippen LogP contribution in [0.2, 0.25) is 0 Å². The second-order valence-corrected chi connectivity index (χ2v) is 7.03. The van der Waals surface area contributed by atoms with Gasteiger partial charge in [0.2, 0.25) is 5.91 Å². The fourth-order valence-corrected chi connectivity index (χ4v) is 3.70. The molecule has 5 heteroatoms. The molecule has 3 atom stereocenters. The molecular weight excluding hydrogens is 364 g/mol. The first-order chi connectivity index (χ1) is 14.1. The Morgan fingerprint density at radius 3 is 1.97 bits per heavy atom. The second kappa shape index (κ2) is 8.19. The summed E-state index contributed by atoms with van der Waals surface area (Å²) in [6.07, 6.45) is -1.02. The van der Waals surface area contributed by atoms with Gasteiger partial charge in [0, 0.05) is 0 Å². The van der Waals surface area contributed by atoms with Gasteiger partial charge in [-0.1, -0.05) is 91.0 Å². The zero-order chi connectivity index (χ0) is 20.2. The summed E-state index contributed by atoms with van der Waals surface area (Å²) < 4.78 is 5.68. The van der Waals surface area contributed by atoms with Gasteiger partial charge in [-0.25, -0.2) is 9.80 Å². The standard InChI is InChI=1S/C24H22N2O3/c1-17(18-11-5-2-6-12-18)29-24(28)26-22(20-15-9-4-10-16-20)21(23(27)25-26)19-13-7-3-8-14-19/h2-17,21-22H,1H3,(H,25,27)/t17-,21-,22-/m1/s1. The lowest BCUT2D eigenvalue weighted by molar-refractivity contribution is -0.122. The van der Waals surface area contributed by atoms with E-state index in [0.717, 1.165) is 16.7 Å². The number of ether oxygens (including phenoxy) is 1. The minimum atomic E-state index is -0.581. The summed E-state index contributed by atoms with van der Waals surface area (Å²) in [5, 5.41) is 1.31. The molecule has 1 N–H and O–H groups in total. The largest absolute Gasteiger partial charge is 0.440 e. The number of rotatable bonds is 4. The predicted molar refractivity (Wildman–Crippen MR) is 110 cm³/mol. The van der Waals surface area contributed by atoms with Gasteiger partial charge in [-0.15, -0.1) is 0 Å². The molecule has 0 aliphatic carbocycles. The lowest BCUT2D eigenvalue weighted by atomic mass is 9.88. The summed E-state index contributed by atoms with van der Waals surface area (Å²) in [6, 6.07) is 28.1. The Labute approximate surface area is 169 Å². The van der Waals surface area contributed by atoms with Gasteiger partial charge >= 0.3 is 6.09 Å². The third-order valence-corrected chi connectivity index (χ3v) is 5.15. The zero-order valence-corrected chi connectivity index (χ0v) is 16.1. The smallest absolute Gasteiger partial charge is 0.429 e. The molecule has 0 unspecified atom stereocenters. The molecule has 0 saturated carbocycles. The summed E-state index contributed by atoms with van der Waals surface area (Å²) in [5.41, 5.74) is 5.34. The van der Waals surface area contributed by atoms with Crippen LogP contribution >= 0.6 is 0 Å². The number of nitrogens with one attached hydrogen (secondary N) is 1. The van der Waals surface area contributed by atoms with E-state index in [0.29, 0.717) is 0 Å². The van der Waals surface area contributed by atoms with E-state index in [1.165, 1.54) is 5.01 Å². The Morgan fingerprint density at radius 1 is 0.862 bits per heavy atom. The van der Waals surface area contributed by atoms with E-state index in [4.69, 9.17) is 4.74 Å². The molecule has 1 aliphatic rings. The van der Waals surface area contributed by atoms with Gasteiger partial charge in [-0.05, 0) is 23.6 Å². The van der Waals surface area contributed by atoms with Crippen LogP contribution in [-0.2, 0) is 9.53 Å². The number of carbonyl (C=O) groups is 2. The second-order valence-electron chi connectivity index (χ2n) is 7.03. The molecule has 4 rings (SSSR count). The minimum absolute atomic E-state index is 0.227. The Kier molecular flexibility index (Phi) is 5.29. The van der Waals surface area contributed by atoms with Gasteiger partial charge in [-0.3, -0.25) is 10.2 Å². The molecule has 0 radical (unpaired) electrons. The summed E-state index contributed by atoms with van der Waals surface area (Å²) >= 11 is 0. The Bertz CT molecular complexity index is 977. The molecule has 146 valence electrons. The maximum Gasteiger partial charge on any atom is 0.429 e. The number of hydrazine groups is 1. The lowest BCUT2D eigenvalue weighted by Crippen LogP contribution is -2.40. The van der Waals surface area contributed by atoms with Crippen LogP contribution in [0.3, 0.4) is 0 Å². The number of hydrogen-bond donors (Lipinski definition) is 1. The van der Waals surface area contributed by atoms with Crippen LogP contribution in [0.4, 0.5) is 4.79 Å². The fraction of sp³-hybridized carbons (Fsp3) is 0.167. The lowest BCUT2D eigenvalue weighted by Gasteiger charge is -2.27. The zero-order valence-electron chi connectivity index (χ0n) is 16.1. The molecule has 1 fully saturated rings. The summed E-state index contributed by atoms with van der Waals surface area (Å²) in [7, 11) is 0. The topological polar surface area (TPSA) is 58.6 Å². The van der Waals surface area contributed by atoms with Crippen LogP contribution in [0.25, 0.3) is 0 Å². The van der Waals surface area contributed by atoms with Gasteiger partial charge in [0.25, 0.3) is 0 Å². The van der Waals surface area contributed by atoms with Crippen molar-refractivity contribution in [2.24, 2.45) is 0 Å². The van der Waals surface area contributed by atoms with Gasteiger partial charge in [0.15, 0.2) is 0 Å². The van der Waals surface area contributed by atoms with E-state index < -0.39 is 24.2 Å². The highest BCUT2D eigenvalue weighted by Gasteiger charge is 2.46. The molecule has 5 nitrogen and oxygen atoms in total. The van der Waals surface area contributed by atoms with Crippen LogP contribution < -0.4 is 5.43 Å². The highest BCUT2D eigenvalue weighted by molar-refractivity contribution is 5.90. The molecule has 3 aromatic rings. The molecule has 2 amide bonds. The van der Waals surface area contributed by atoms with Gasteiger partial charge in [-0.2, -0.15) is 0 Å². The maximum absolute atomic E-state index is 13.0. The number of nitrogens with zero attached hydrogens (tertiary/aromatic N) is 1. The Hall–Kier alpha value is -3.60. The van der Waals surface area contributed by atoms with Crippen LogP contribution in [0.1, 0.15) is 41.7 Å². The monoisotopic (exact) mass is 386 g/mol. The number of benzene rings is 3. The van der Waals surface area contributed by atoms with Crippen LogP contribution in [0.15, 0.2) is 91.0 Å². The highest BCUT2D eigenvalue weighted by Crippen LogP contribution is 2.40. The van der Waals surface area contributed by atoms with Crippen molar-refractivity contribution >= 4 is 12.0 Å². The van der Waals surface area contributed by atoms with Crippen molar-refractivity contribution in [3.63, 3.8) is 0 Å². The SMILES string of the molecule is C[C@@H](OC(=O)N1NC(=O)[C@H](c2ccccc2)[C@H]1c1ccccc1)c1ccccc1. The van der Waals surface area contributed by atoms with Gasteiger partial charge in [0.1, 0.15) is 6.10 Å². The molecular formula is C24H22N2O3. The summed E-state index contributed by atoms with van der Waals surface area (Å²) in [4.78, 5) is 25.9. The first kappa shape index (κ1) is 18.7. The van der Waals surface area contributed by atoms with Crippen molar-refractivity contribution < 1.29 is 14.3 Å². The van der Waals surface area contributed by atoms with Crippen molar-refractivity contribution in [2.75, 3.05) is 0 Å². The van der Waals surface area contributed by atoms with Crippen molar-refractivity contribution in [1.29, 1.82) is 0 Å². The third-order valence-electron chi connectivity index (χ3n) is 5.15. The molecule has 29 heavy (non-hydrogen) atoms. The van der Waals surface area contributed by atoms with Crippen molar-refractivity contribution in [2.45, 2.75) is 25.0 Å². The van der Waals surface area contributed by atoms with E-state index in [1.807, 2.05) is 97.9 Å². The quantitative estimate of drug-likeness (QED) is 0.704. The Morgan fingerprint density at radius 2 is 1.38 bits per heavy atom. The molecule has 0 spiro atoms. The van der Waals surface area contributed by atoms with E-state index >= 15 is 0 Å². The fourth-order valence-electron chi connectivity index (χ4n) is 3.70. The van der Waals surface area contributed by atoms with E-state index in [-0.39, 0.29) is 5.91 Å². The van der Waals surface area contributed by atoms with Crippen LogP contribution in [0, 0.1) is 0 Å². The first-order valence-corrected chi connectivity index (χ1v) is 9.60. The predicted octanol–water partition coefficient (Wildman–Crippen LogP) is 4.76. The molecule has 3 aromatic carbocycles. The van der Waals surface area contributed by atoms with Crippen molar-refractivity contribution in [3.05, 3.63) is 108 Å². The molecule has 0 bridgehead atoms. The van der Waals surface area contributed by atoms with Gasteiger partial charge in [0.05, 0.1) is 12.0 Å². The van der Waals surface area contributed by atoms with Crippen molar-refractivity contribution in [1.82, 2.24) is 10.4 Å². The van der Waals surface area contributed by atoms with Crippen LogP contribution in [-0.4, -0.2) is 17.0 Å². The van der Waals surface area contributed by atoms with Crippen LogP contribution in [0.5, 0.6) is 0 Å². The van der Waals surface area contributed by atoms with E-state index in [9.17, 15) is 9.59 Å². The Balaban J connectivity index is 1.64. The van der Waals surface area contributed by atoms with E-state index in [1.54, 1.807) is 0 Å². The molecule has 1 aliphatic heterocycles. The van der Waals surface area contributed by atoms with Crippen molar-refractivity contribution in [3.8, 4) is 0 Å². The third kappa shape index (κ3) is 3.85. The molecule has 0 aromatic heterocycles. The van der Waals surface area contributed by atoms with E-state index in [2.05, 4.69) is 5.43 Å². The highest BCUT2D eigenvalue weighted by atomic mass is 16.6. The normalized spacial score (nSPS) is 19.5. The first-order valence-electron chi connectivity index (χ1n) is 9.60. The number of amides is 2. The van der Waals surface area contributed by atoms with Gasteiger partial charge < -0.3 is 4.74 Å². The maximum atomic E-state index is 13.0.